The van der Waals surface area contributed by atoms with Gasteiger partial charge in [-0.25, -0.2) is 0 Å². The fourth-order valence-corrected chi connectivity index (χ4v) is 7.46. The van der Waals surface area contributed by atoms with Gasteiger partial charge in [-0.3, -0.25) is 4.98 Å². The second kappa shape index (κ2) is 7.79. The van der Waals surface area contributed by atoms with Crippen molar-refractivity contribution in [3.63, 3.8) is 0 Å². The van der Waals surface area contributed by atoms with Crippen LogP contribution in [0.5, 0.6) is 0 Å². The van der Waals surface area contributed by atoms with Gasteiger partial charge in [0.25, 0.3) is 0 Å². The number of rotatable bonds is 2. The van der Waals surface area contributed by atoms with E-state index in [4.69, 9.17) is 0 Å². The summed E-state index contributed by atoms with van der Waals surface area (Å²) in [6.45, 7) is 0. The fraction of sp³-hybridized carbons (Fsp3) is 0. The molecule has 1 aliphatic rings. The monoisotopic (exact) mass is 515 g/mol. The molecule has 3 nitrogen and oxygen atoms in total. The summed E-state index contributed by atoms with van der Waals surface area (Å²) in [5.41, 5.74) is 9.31. The standard InChI is InChI=1S/C35H21N3S/c1-4-14-31-24(8-1)34-32(39-31)20-19-29-33(34)25-9-7-13-30-35(25)38(29)28-12-3-2-11-27(28)37(30)23-17-15-22(16-18-23)26-10-5-6-21-36-26/h1-21H. The third-order valence-electron chi connectivity index (χ3n) is 7.96. The zero-order valence-electron chi connectivity index (χ0n) is 20.9. The molecule has 0 unspecified atom stereocenters. The minimum Gasteiger partial charge on any atom is -0.306 e. The van der Waals surface area contributed by atoms with Gasteiger partial charge in [-0.1, -0.05) is 60.7 Å². The second-order valence-electron chi connectivity index (χ2n) is 10.0. The van der Waals surface area contributed by atoms with Crippen LogP contribution in [-0.2, 0) is 0 Å². The molecule has 3 aromatic heterocycles. The van der Waals surface area contributed by atoms with Gasteiger partial charge >= 0.3 is 0 Å². The third kappa shape index (κ3) is 2.84. The molecular formula is C35H21N3S. The van der Waals surface area contributed by atoms with Gasteiger partial charge in [0.2, 0.25) is 0 Å². The Morgan fingerprint density at radius 2 is 1.31 bits per heavy atom. The molecule has 0 amide bonds. The molecule has 182 valence electrons. The van der Waals surface area contributed by atoms with Gasteiger partial charge in [-0.05, 0) is 60.7 Å². The lowest BCUT2D eigenvalue weighted by molar-refractivity contribution is 1.11. The number of hydrogen-bond acceptors (Lipinski definition) is 3. The van der Waals surface area contributed by atoms with Gasteiger partial charge in [-0.15, -0.1) is 11.3 Å². The maximum absolute atomic E-state index is 4.54. The number of para-hydroxylation sites is 3. The van der Waals surface area contributed by atoms with Gasteiger partial charge in [0, 0.05) is 48.4 Å². The van der Waals surface area contributed by atoms with E-state index in [1.807, 2.05) is 29.7 Å². The highest BCUT2D eigenvalue weighted by Crippen LogP contribution is 2.51. The summed E-state index contributed by atoms with van der Waals surface area (Å²) in [6.07, 6.45) is 1.84. The van der Waals surface area contributed by atoms with Crippen molar-refractivity contribution in [2.75, 3.05) is 4.90 Å². The van der Waals surface area contributed by atoms with Gasteiger partial charge in [0.1, 0.15) is 0 Å². The molecule has 0 N–H and O–H groups in total. The Balaban J connectivity index is 1.37. The van der Waals surface area contributed by atoms with E-state index in [0.29, 0.717) is 0 Å². The Bertz CT molecular complexity index is 2220. The van der Waals surface area contributed by atoms with Crippen molar-refractivity contribution in [1.29, 1.82) is 0 Å². The molecule has 4 heterocycles. The minimum atomic E-state index is 0.984. The summed E-state index contributed by atoms with van der Waals surface area (Å²) in [4.78, 5) is 6.94. The van der Waals surface area contributed by atoms with E-state index in [1.165, 1.54) is 59.0 Å². The second-order valence-corrected chi connectivity index (χ2v) is 11.1. The lowest BCUT2D eigenvalue weighted by Gasteiger charge is -2.33. The van der Waals surface area contributed by atoms with Gasteiger partial charge in [-0.2, -0.15) is 0 Å². The molecule has 0 saturated carbocycles. The van der Waals surface area contributed by atoms with Crippen LogP contribution in [0.15, 0.2) is 128 Å². The molecule has 5 aromatic carbocycles. The van der Waals surface area contributed by atoms with Gasteiger partial charge < -0.3 is 9.47 Å². The predicted molar refractivity (Wildman–Crippen MR) is 165 cm³/mol. The van der Waals surface area contributed by atoms with Crippen LogP contribution in [-0.4, -0.2) is 9.55 Å². The first kappa shape index (κ1) is 21.1. The number of fused-ring (bicyclic) bond motifs is 9. The molecule has 0 atom stereocenters. The summed E-state index contributed by atoms with van der Waals surface area (Å²) >= 11 is 1.88. The van der Waals surface area contributed by atoms with Crippen LogP contribution in [0.25, 0.3) is 58.9 Å². The summed E-state index contributed by atoms with van der Waals surface area (Å²) in [7, 11) is 0. The van der Waals surface area contributed by atoms with Crippen molar-refractivity contribution < 1.29 is 0 Å². The minimum absolute atomic E-state index is 0.984. The highest BCUT2D eigenvalue weighted by molar-refractivity contribution is 7.26. The van der Waals surface area contributed by atoms with Crippen molar-refractivity contribution in [2.45, 2.75) is 0 Å². The van der Waals surface area contributed by atoms with Gasteiger partial charge in [0.15, 0.2) is 0 Å². The molecule has 1 aliphatic heterocycles. The van der Waals surface area contributed by atoms with Crippen molar-refractivity contribution in [3.05, 3.63) is 128 Å². The highest BCUT2D eigenvalue weighted by atomic mass is 32.1. The summed E-state index contributed by atoms with van der Waals surface area (Å²) in [6, 6.07) is 43.7. The zero-order valence-corrected chi connectivity index (χ0v) is 21.7. The number of benzene rings is 5. The first-order valence-corrected chi connectivity index (χ1v) is 14.0. The van der Waals surface area contributed by atoms with Crippen LogP contribution in [0.4, 0.5) is 17.1 Å². The maximum atomic E-state index is 4.54. The Kier molecular flexibility index (Phi) is 4.21. The average molecular weight is 516 g/mol. The van der Waals surface area contributed by atoms with E-state index in [0.717, 1.165) is 16.9 Å². The molecule has 0 bridgehead atoms. The average Bonchev–Trinajstić information content (AvgIpc) is 3.55. The third-order valence-corrected chi connectivity index (χ3v) is 9.10. The molecular weight excluding hydrogens is 494 g/mol. The quantitative estimate of drug-likeness (QED) is 0.228. The summed E-state index contributed by atoms with van der Waals surface area (Å²) in [5.74, 6) is 0. The van der Waals surface area contributed by atoms with Crippen molar-refractivity contribution in [3.8, 4) is 16.9 Å². The molecule has 39 heavy (non-hydrogen) atoms. The lowest BCUT2D eigenvalue weighted by Crippen LogP contribution is -2.17. The molecule has 0 saturated heterocycles. The Morgan fingerprint density at radius 3 is 2.18 bits per heavy atom. The van der Waals surface area contributed by atoms with Crippen LogP contribution in [0, 0.1) is 0 Å². The summed E-state index contributed by atoms with van der Waals surface area (Å²) < 4.78 is 5.14. The SMILES string of the molecule is c1ccc(-c2ccc(N3c4ccccc4-n4c5ccc6sc7ccccc7c6c5c5cccc3c54)cc2)nc1. The first-order chi connectivity index (χ1) is 19.4. The molecule has 9 rings (SSSR count). The normalized spacial score (nSPS) is 12.6. The number of nitrogens with zero attached hydrogens (tertiary/aromatic N) is 3. The van der Waals surface area contributed by atoms with E-state index in [2.05, 4.69) is 124 Å². The molecule has 4 heteroatoms. The van der Waals surface area contributed by atoms with Crippen LogP contribution in [0.1, 0.15) is 0 Å². The topological polar surface area (TPSA) is 21.1 Å². The van der Waals surface area contributed by atoms with Crippen molar-refractivity contribution >= 4 is 70.4 Å². The van der Waals surface area contributed by atoms with Crippen LogP contribution < -0.4 is 4.90 Å². The van der Waals surface area contributed by atoms with Crippen molar-refractivity contribution in [2.24, 2.45) is 0 Å². The largest absolute Gasteiger partial charge is 0.306 e. The van der Waals surface area contributed by atoms with E-state index < -0.39 is 0 Å². The molecule has 8 aromatic rings. The maximum Gasteiger partial charge on any atom is 0.0783 e. The summed E-state index contributed by atoms with van der Waals surface area (Å²) in [5, 5.41) is 5.33. The van der Waals surface area contributed by atoms with Crippen LogP contribution >= 0.6 is 11.3 Å². The number of hydrogen-bond donors (Lipinski definition) is 0. The smallest absolute Gasteiger partial charge is 0.0783 e. The Labute approximate surface area is 228 Å². The Morgan fingerprint density at radius 1 is 0.538 bits per heavy atom. The Hall–Kier alpha value is -4.93. The van der Waals surface area contributed by atoms with E-state index >= 15 is 0 Å². The lowest BCUT2D eigenvalue weighted by atomic mass is 10.0. The fourth-order valence-electron chi connectivity index (χ4n) is 6.35. The number of thiophene rings is 1. The van der Waals surface area contributed by atoms with E-state index in [-0.39, 0.29) is 0 Å². The number of anilines is 3. The van der Waals surface area contributed by atoms with E-state index in [9.17, 15) is 0 Å². The van der Waals surface area contributed by atoms with Crippen LogP contribution in [0.2, 0.25) is 0 Å². The number of pyridine rings is 1. The number of aromatic nitrogens is 2. The zero-order chi connectivity index (χ0) is 25.5. The molecule has 0 fully saturated rings. The van der Waals surface area contributed by atoms with E-state index in [1.54, 1.807) is 0 Å². The highest BCUT2D eigenvalue weighted by Gasteiger charge is 2.29. The van der Waals surface area contributed by atoms with Crippen molar-refractivity contribution in [1.82, 2.24) is 9.55 Å². The molecule has 0 aliphatic carbocycles. The first-order valence-electron chi connectivity index (χ1n) is 13.2. The molecule has 0 radical (unpaired) electrons. The predicted octanol–water partition coefficient (Wildman–Crippen LogP) is 10.00. The van der Waals surface area contributed by atoms with Gasteiger partial charge in [0.05, 0.1) is 33.8 Å². The molecule has 0 spiro atoms. The van der Waals surface area contributed by atoms with Crippen LogP contribution in [0.3, 0.4) is 0 Å².